The minimum atomic E-state index is -0.637. The van der Waals surface area contributed by atoms with E-state index in [9.17, 15) is 14.8 Å². The Morgan fingerprint density at radius 3 is 2.61 bits per heavy atom. The van der Waals surface area contributed by atoms with Gasteiger partial charge in [0.05, 0.1) is 11.5 Å². The number of benzene rings is 2. The van der Waals surface area contributed by atoms with Gasteiger partial charge >= 0.3 is 0 Å². The second kappa shape index (κ2) is 3.79. The molecule has 0 unspecified atom stereocenters. The fourth-order valence-corrected chi connectivity index (χ4v) is 2.73. The van der Waals surface area contributed by atoms with E-state index in [4.69, 9.17) is 0 Å². The second-order valence-corrected chi connectivity index (χ2v) is 4.81. The van der Waals surface area contributed by atoms with E-state index in [2.05, 4.69) is 6.07 Å². The number of nitriles is 1. The van der Waals surface area contributed by atoms with E-state index in [0.717, 1.165) is 10.9 Å². The van der Waals surface area contributed by atoms with Crippen molar-refractivity contribution in [2.75, 3.05) is 6.61 Å². The highest BCUT2D eigenvalue weighted by Gasteiger charge is 2.56. The van der Waals surface area contributed by atoms with Crippen LogP contribution >= 0.6 is 0 Å². The van der Waals surface area contributed by atoms with Crippen LogP contribution in [0, 0.1) is 23.1 Å². The van der Waals surface area contributed by atoms with Crippen molar-refractivity contribution in [2.45, 2.75) is 11.8 Å². The summed E-state index contributed by atoms with van der Waals surface area (Å²) in [6.45, 7) is -0.000731. The molecule has 0 aromatic heterocycles. The summed E-state index contributed by atoms with van der Waals surface area (Å²) in [6.07, 6.45) is 0.648. The van der Waals surface area contributed by atoms with Crippen molar-refractivity contribution in [1.82, 2.24) is 0 Å². The molecular weight excluding hydrogens is 229 g/mol. The predicted octanol–water partition coefficient (Wildman–Crippen LogP) is 2.75. The van der Waals surface area contributed by atoms with Crippen molar-refractivity contribution in [2.24, 2.45) is 5.92 Å². The molecule has 2 atom stereocenters. The zero-order valence-corrected chi connectivity index (χ0v) is 9.73. The third-order valence-electron chi connectivity index (χ3n) is 3.88. The Kier molecular flexibility index (Phi) is 2.36. The molecule has 90 valence electrons. The summed E-state index contributed by atoms with van der Waals surface area (Å²) in [6, 6.07) is 12.6. The third-order valence-corrected chi connectivity index (χ3v) is 3.88. The largest absolute Gasteiger partial charge is 0.396 e. The number of aliphatic hydroxyl groups is 1. The molecule has 0 spiro atoms. The molecule has 2 aromatic rings. The molecule has 0 radical (unpaired) electrons. The van der Waals surface area contributed by atoms with E-state index in [-0.39, 0.29) is 18.3 Å². The number of rotatable bonds is 2. The van der Waals surface area contributed by atoms with E-state index in [1.165, 1.54) is 6.07 Å². The van der Waals surface area contributed by atoms with Crippen molar-refractivity contribution in [3.05, 3.63) is 47.8 Å². The van der Waals surface area contributed by atoms with E-state index in [1.807, 2.05) is 12.1 Å². The Labute approximate surface area is 104 Å². The van der Waals surface area contributed by atoms with Gasteiger partial charge in [0, 0.05) is 17.9 Å². The number of hydrogen-bond donors (Lipinski definition) is 1. The summed E-state index contributed by atoms with van der Waals surface area (Å²) in [7, 11) is 0. The van der Waals surface area contributed by atoms with Crippen molar-refractivity contribution in [3.63, 3.8) is 0 Å². The lowest BCUT2D eigenvalue weighted by molar-refractivity contribution is 0.269. The highest BCUT2D eigenvalue weighted by atomic mass is 19.1. The molecule has 3 rings (SSSR count). The molecule has 1 fully saturated rings. The summed E-state index contributed by atoms with van der Waals surface area (Å²) >= 11 is 0. The quantitative estimate of drug-likeness (QED) is 0.878. The molecule has 2 aromatic carbocycles. The first kappa shape index (κ1) is 11.2. The minimum Gasteiger partial charge on any atom is -0.396 e. The topological polar surface area (TPSA) is 44.0 Å². The van der Waals surface area contributed by atoms with E-state index >= 15 is 0 Å². The average molecular weight is 241 g/mol. The second-order valence-electron chi connectivity index (χ2n) is 4.81. The maximum Gasteiger partial charge on any atom is 0.131 e. The van der Waals surface area contributed by atoms with Crippen molar-refractivity contribution >= 4 is 10.8 Å². The zero-order chi connectivity index (χ0) is 12.8. The van der Waals surface area contributed by atoms with Crippen LogP contribution in [0.25, 0.3) is 10.8 Å². The molecular formula is C15H12FNO. The number of halogens is 1. The zero-order valence-electron chi connectivity index (χ0n) is 9.73. The van der Waals surface area contributed by atoms with Gasteiger partial charge in [0.25, 0.3) is 0 Å². The first-order chi connectivity index (χ1) is 8.73. The molecule has 1 saturated carbocycles. The minimum absolute atomic E-state index is 0.000731. The number of hydrogen-bond acceptors (Lipinski definition) is 2. The van der Waals surface area contributed by atoms with E-state index in [1.54, 1.807) is 18.2 Å². The normalized spacial score (nSPS) is 25.9. The standard InChI is InChI=1S/C15H12FNO/c16-14-6-5-13(11-3-1-2-4-12(11)14)15(9-17)7-10(15)8-18/h1-6,10,18H,7-8H2/t10-,15+/m1/s1. The van der Waals surface area contributed by atoms with Crippen LogP contribution in [0.4, 0.5) is 4.39 Å². The average Bonchev–Trinajstić information content (AvgIpc) is 3.14. The Balaban J connectivity index is 2.26. The lowest BCUT2D eigenvalue weighted by Gasteiger charge is -2.12. The highest BCUT2D eigenvalue weighted by Crippen LogP contribution is 2.55. The Morgan fingerprint density at radius 2 is 2.00 bits per heavy atom. The summed E-state index contributed by atoms with van der Waals surface area (Å²) in [5.74, 6) is -0.306. The molecule has 1 N–H and O–H groups in total. The number of nitrogens with zero attached hydrogens (tertiary/aromatic N) is 1. The molecule has 1 aliphatic rings. The Hall–Kier alpha value is -1.92. The smallest absolute Gasteiger partial charge is 0.131 e. The fraction of sp³-hybridized carbons (Fsp3) is 0.267. The van der Waals surface area contributed by atoms with Crippen LogP contribution in [-0.4, -0.2) is 11.7 Å². The van der Waals surface area contributed by atoms with Gasteiger partial charge in [-0.2, -0.15) is 5.26 Å². The molecule has 0 aliphatic heterocycles. The van der Waals surface area contributed by atoms with Crippen LogP contribution in [0.5, 0.6) is 0 Å². The van der Waals surface area contributed by atoms with Gasteiger partial charge in [-0.25, -0.2) is 4.39 Å². The van der Waals surface area contributed by atoms with E-state index < -0.39 is 5.41 Å². The molecule has 0 heterocycles. The summed E-state index contributed by atoms with van der Waals surface area (Å²) < 4.78 is 13.7. The van der Waals surface area contributed by atoms with Gasteiger partial charge in [-0.1, -0.05) is 30.3 Å². The maximum atomic E-state index is 13.7. The van der Waals surface area contributed by atoms with Gasteiger partial charge in [-0.3, -0.25) is 0 Å². The van der Waals surface area contributed by atoms with Crippen LogP contribution in [0.2, 0.25) is 0 Å². The van der Waals surface area contributed by atoms with Crippen LogP contribution in [0.15, 0.2) is 36.4 Å². The van der Waals surface area contributed by atoms with Crippen LogP contribution in [0.3, 0.4) is 0 Å². The summed E-state index contributed by atoms with van der Waals surface area (Å²) in [4.78, 5) is 0. The van der Waals surface area contributed by atoms with Crippen molar-refractivity contribution < 1.29 is 9.50 Å². The van der Waals surface area contributed by atoms with Gasteiger partial charge in [0.15, 0.2) is 0 Å². The maximum absolute atomic E-state index is 13.7. The third kappa shape index (κ3) is 1.36. The first-order valence-corrected chi connectivity index (χ1v) is 5.93. The van der Waals surface area contributed by atoms with Crippen LogP contribution in [0.1, 0.15) is 12.0 Å². The monoisotopic (exact) mass is 241 g/mol. The molecule has 0 amide bonds. The molecule has 1 aliphatic carbocycles. The van der Waals surface area contributed by atoms with Gasteiger partial charge < -0.3 is 5.11 Å². The first-order valence-electron chi connectivity index (χ1n) is 5.93. The van der Waals surface area contributed by atoms with Crippen molar-refractivity contribution in [1.29, 1.82) is 5.26 Å². The van der Waals surface area contributed by atoms with Crippen molar-refractivity contribution in [3.8, 4) is 6.07 Å². The van der Waals surface area contributed by atoms with Gasteiger partial charge in [-0.05, 0) is 23.4 Å². The predicted molar refractivity (Wildman–Crippen MR) is 66.4 cm³/mol. The van der Waals surface area contributed by atoms with Crippen LogP contribution < -0.4 is 0 Å². The molecule has 3 heteroatoms. The number of fused-ring (bicyclic) bond motifs is 1. The lowest BCUT2D eigenvalue weighted by atomic mass is 9.90. The highest BCUT2D eigenvalue weighted by molar-refractivity contribution is 5.88. The lowest BCUT2D eigenvalue weighted by Crippen LogP contribution is -2.10. The SMILES string of the molecule is N#C[C@@]1(c2ccc(F)c3ccccc23)C[C@@H]1CO. The molecule has 2 nitrogen and oxygen atoms in total. The Morgan fingerprint density at radius 1 is 1.28 bits per heavy atom. The molecule has 18 heavy (non-hydrogen) atoms. The number of aliphatic hydroxyl groups excluding tert-OH is 1. The van der Waals surface area contributed by atoms with Crippen LogP contribution in [-0.2, 0) is 5.41 Å². The summed E-state index contributed by atoms with van der Waals surface area (Å²) in [5.41, 5.74) is 0.197. The van der Waals surface area contributed by atoms with Gasteiger partial charge in [0.2, 0.25) is 0 Å². The van der Waals surface area contributed by atoms with E-state index in [0.29, 0.717) is 11.8 Å². The fourth-order valence-electron chi connectivity index (χ4n) is 2.73. The molecule has 0 saturated heterocycles. The summed E-state index contributed by atoms with van der Waals surface area (Å²) in [5, 5.41) is 19.9. The Bertz CT molecular complexity index is 661. The van der Waals surface area contributed by atoms with Gasteiger partial charge in [0.1, 0.15) is 5.82 Å². The van der Waals surface area contributed by atoms with Gasteiger partial charge in [-0.15, -0.1) is 0 Å². The molecule has 0 bridgehead atoms.